The zero-order chi connectivity index (χ0) is 21.0. The van der Waals surface area contributed by atoms with Crippen LogP contribution in [-0.2, 0) is 0 Å². The third-order valence-electron chi connectivity index (χ3n) is 7.37. The molecule has 1 aliphatic carbocycles. The van der Waals surface area contributed by atoms with Crippen LogP contribution in [0.25, 0.3) is 0 Å². The van der Waals surface area contributed by atoms with Gasteiger partial charge in [-0.3, -0.25) is 9.69 Å². The lowest BCUT2D eigenvalue weighted by Crippen LogP contribution is -2.47. The van der Waals surface area contributed by atoms with Crippen molar-refractivity contribution in [1.29, 1.82) is 0 Å². The van der Waals surface area contributed by atoms with Gasteiger partial charge in [0.2, 0.25) is 0 Å². The van der Waals surface area contributed by atoms with Crippen LogP contribution >= 0.6 is 0 Å². The van der Waals surface area contributed by atoms with E-state index in [9.17, 15) is 4.79 Å². The van der Waals surface area contributed by atoms with Gasteiger partial charge in [0.15, 0.2) is 5.78 Å². The van der Waals surface area contributed by atoms with Crippen LogP contribution in [0.1, 0.15) is 95.0 Å². The van der Waals surface area contributed by atoms with Crippen LogP contribution in [0.3, 0.4) is 0 Å². The fraction of sp³-hybridized carbons (Fsp3) is 0.731. The number of hydrogen-bond acceptors (Lipinski definition) is 3. The number of anilines is 1. The summed E-state index contributed by atoms with van der Waals surface area (Å²) in [7, 11) is 0. The average Bonchev–Trinajstić information content (AvgIpc) is 2.71. The van der Waals surface area contributed by atoms with Crippen LogP contribution in [0, 0.1) is 11.3 Å². The molecule has 1 saturated carbocycles. The minimum atomic E-state index is 0.177. The second kappa shape index (κ2) is 9.64. The standard InChI is InChI=1S/C26H42N2O/c1-6-7-14-27-15-17-28(18-16-27)25-19-22(20(2)29)10-13-24(25)21-8-11-23(12-9-21)26(3,4)5/h10,13,19,21,23H,6-9,11-12,14-18H2,1-5H3. The Balaban J connectivity index is 1.76. The Bertz CT molecular complexity index is 674. The van der Waals surface area contributed by atoms with E-state index in [1.165, 1.54) is 56.3 Å². The topological polar surface area (TPSA) is 23.6 Å². The number of rotatable bonds is 6. The van der Waals surface area contributed by atoms with E-state index < -0.39 is 0 Å². The van der Waals surface area contributed by atoms with E-state index in [4.69, 9.17) is 0 Å². The quantitative estimate of drug-likeness (QED) is 0.538. The predicted molar refractivity (Wildman–Crippen MR) is 124 cm³/mol. The van der Waals surface area contributed by atoms with Crippen LogP contribution in [0.2, 0.25) is 0 Å². The van der Waals surface area contributed by atoms with Gasteiger partial charge in [-0.05, 0) is 74.5 Å². The normalized spacial score (nSPS) is 24.0. The van der Waals surface area contributed by atoms with Gasteiger partial charge < -0.3 is 4.90 Å². The molecule has 0 atom stereocenters. The molecule has 1 aliphatic heterocycles. The van der Waals surface area contributed by atoms with Gasteiger partial charge in [-0.2, -0.15) is 0 Å². The zero-order valence-corrected chi connectivity index (χ0v) is 19.5. The molecule has 2 fully saturated rings. The highest BCUT2D eigenvalue weighted by atomic mass is 16.1. The van der Waals surface area contributed by atoms with Crippen molar-refractivity contribution in [2.45, 2.75) is 79.1 Å². The van der Waals surface area contributed by atoms with Gasteiger partial charge in [0.25, 0.3) is 0 Å². The summed E-state index contributed by atoms with van der Waals surface area (Å²) in [6.45, 7) is 16.8. The monoisotopic (exact) mass is 398 g/mol. The third kappa shape index (κ3) is 5.63. The van der Waals surface area contributed by atoms with Crippen molar-refractivity contribution in [1.82, 2.24) is 4.90 Å². The maximum atomic E-state index is 12.1. The summed E-state index contributed by atoms with van der Waals surface area (Å²) in [5.41, 5.74) is 4.11. The SMILES string of the molecule is CCCCN1CCN(c2cc(C(C)=O)ccc2C2CCC(C(C)(C)C)CC2)CC1. The van der Waals surface area contributed by atoms with Gasteiger partial charge in [-0.25, -0.2) is 0 Å². The molecule has 29 heavy (non-hydrogen) atoms. The predicted octanol–water partition coefficient (Wildman–Crippen LogP) is 6.13. The number of benzene rings is 1. The Labute approximate surface area is 178 Å². The molecule has 2 aliphatic rings. The van der Waals surface area contributed by atoms with E-state index in [1.807, 2.05) is 0 Å². The highest BCUT2D eigenvalue weighted by Crippen LogP contribution is 2.45. The number of carbonyl (C=O) groups is 1. The summed E-state index contributed by atoms with van der Waals surface area (Å²) < 4.78 is 0. The van der Waals surface area contributed by atoms with Gasteiger partial charge in [-0.1, -0.05) is 46.2 Å². The lowest BCUT2D eigenvalue weighted by Gasteiger charge is -2.40. The van der Waals surface area contributed by atoms with Crippen molar-refractivity contribution >= 4 is 11.5 Å². The Morgan fingerprint density at radius 3 is 2.24 bits per heavy atom. The molecule has 1 aromatic rings. The average molecular weight is 399 g/mol. The van der Waals surface area contributed by atoms with Crippen LogP contribution in [0.15, 0.2) is 18.2 Å². The van der Waals surface area contributed by atoms with Crippen molar-refractivity contribution in [3.8, 4) is 0 Å². The zero-order valence-electron chi connectivity index (χ0n) is 19.5. The molecular formula is C26H42N2O. The highest BCUT2D eigenvalue weighted by molar-refractivity contribution is 5.95. The Morgan fingerprint density at radius 1 is 1.03 bits per heavy atom. The van der Waals surface area contributed by atoms with Crippen molar-refractivity contribution in [2.24, 2.45) is 11.3 Å². The summed E-state index contributed by atoms with van der Waals surface area (Å²) in [6.07, 6.45) is 7.78. The summed E-state index contributed by atoms with van der Waals surface area (Å²) in [6, 6.07) is 6.53. The first-order chi connectivity index (χ1) is 13.8. The first-order valence-corrected chi connectivity index (χ1v) is 11.9. The Kier molecular flexibility index (Phi) is 7.42. The van der Waals surface area contributed by atoms with Crippen LogP contribution in [-0.4, -0.2) is 43.4 Å². The molecule has 0 aromatic heterocycles. The number of unbranched alkanes of at least 4 members (excludes halogenated alkanes) is 1. The van der Waals surface area contributed by atoms with E-state index in [-0.39, 0.29) is 5.78 Å². The number of hydrogen-bond donors (Lipinski definition) is 0. The molecule has 0 unspecified atom stereocenters. The Hall–Kier alpha value is -1.35. The Morgan fingerprint density at radius 2 is 1.69 bits per heavy atom. The van der Waals surface area contributed by atoms with E-state index in [0.717, 1.165) is 37.7 Å². The molecule has 1 aromatic carbocycles. The second-order valence-electron chi connectivity index (χ2n) is 10.4. The van der Waals surface area contributed by atoms with Gasteiger partial charge in [0.1, 0.15) is 0 Å². The molecule has 0 bridgehead atoms. The summed E-state index contributed by atoms with van der Waals surface area (Å²) in [4.78, 5) is 17.2. The fourth-order valence-electron chi connectivity index (χ4n) is 5.25. The van der Waals surface area contributed by atoms with E-state index >= 15 is 0 Å². The number of Topliss-reactive ketones (excluding diaryl/α,β-unsaturated/α-hetero) is 1. The molecule has 3 nitrogen and oxygen atoms in total. The van der Waals surface area contributed by atoms with E-state index in [2.05, 4.69) is 55.7 Å². The molecule has 1 heterocycles. The first kappa shape index (κ1) is 22.3. The lowest BCUT2D eigenvalue weighted by atomic mass is 9.68. The molecular weight excluding hydrogens is 356 g/mol. The maximum absolute atomic E-state index is 12.1. The summed E-state index contributed by atoms with van der Waals surface area (Å²) in [5.74, 6) is 1.65. The number of ketones is 1. The van der Waals surface area contributed by atoms with Crippen LogP contribution < -0.4 is 4.90 Å². The molecule has 0 N–H and O–H groups in total. The number of nitrogens with zero attached hydrogens (tertiary/aromatic N) is 2. The van der Waals surface area contributed by atoms with Crippen molar-refractivity contribution in [3.63, 3.8) is 0 Å². The van der Waals surface area contributed by atoms with E-state index in [1.54, 1.807) is 6.92 Å². The highest BCUT2D eigenvalue weighted by Gasteiger charge is 2.32. The molecule has 0 spiro atoms. The van der Waals surface area contributed by atoms with Gasteiger partial charge in [-0.15, -0.1) is 0 Å². The molecule has 1 saturated heterocycles. The van der Waals surface area contributed by atoms with Crippen molar-refractivity contribution < 1.29 is 4.79 Å². The fourth-order valence-corrected chi connectivity index (χ4v) is 5.25. The smallest absolute Gasteiger partial charge is 0.159 e. The second-order valence-corrected chi connectivity index (χ2v) is 10.4. The first-order valence-electron chi connectivity index (χ1n) is 11.9. The number of piperazine rings is 1. The summed E-state index contributed by atoms with van der Waals surface area (Å²) in [5, 5.41) is 0. The van der Waals surface area contributed by atoms with Gasteiger partial charge in [0.05, 0.1) is 0 Å². The summed E-state index contributed by atoms with van der Waals surface area (Å²) >= 11 is 0. The molecule has 0 amide bonds. The van der Waals surface area contributed by atoms with Crippen molar-refractivity contribution in [2.75, 3.05) is 37.6 Å². The molecule has 3 heteroatoms. The largest absolute Gasteiger partial charge is 0.369 e. The van der Waals surface area contributed by atoms with E-state index in [0.29, 0.717) is 11.3 Å². The minimum Gasteiger partial charge on any atom is -0.369 e. The number of carbonyl (C=O) groups excluding carboxylic acids is 1. The molecule has 162 valence electrons. The lowest BCUT2D eigenvalue weighted by molar-refractivity contribution is 0.101. The van der Waals surface area contributed by atoms with Gasteiger partial charge >= 0.3 is 0 Å². The van der Waals surface area contributed by atoms with Crippen LogP contribution in [0.4, 0.5) is 5.69 Å². The third-order valence-corrected chi connectivity index (χ3v) is 7.37. The van der Waals surface area contributed by atoms with Crippen molar-refractivity contribution in [3.05, 3.63) is 29.3 Å². The molecule has 3 rings (SSSR count). The molecule has 0 radical (unpaired) electrons. The van der Waals surface area contributed by atoms with Crippen LogP contribution in [0.5, 0.6) is 0 Å². The maximum Gasteiger partial charge on any atom is 0.159 e. The van der Waals surface area contributed by atoms with Gasteiger partial charge in [0, 0.05) is 37.4 Å². The minimum absolute atomic E-state index is 0.177.